The van der Waals surface area contributed by atoms with Crippen LogP contribution in [0, 0.1) is 5.41 Å². The first kappa shape index (κ1) is 15.4. The lowest BCUT2D eigenvalue weighted by molar-refractivity contribution is 0.292. The van der Waals surface area contributed by atoms with Gasteiger partial charge in [-0.25, -0.2) is 0 Å². The number of rotatable bonds is 2. The van der Waals surface area contributed by atoms with Crippen molar-refractivity contribution in [2.75, 3.05) is 18.4 Å². The summed E-state index contributed by atoms with van der Waals surface area (Å²) in [4.78, 5) is 5.16. The van der Waals surface area contributed by atoms with E-state index in [1.165, 1.54) is 22.6 Å². The zero-order valence-corrected chi connectivity index (χ0v) is 14.3. The van der Waals surface area contributed by atoms with E-state index in [2.05, 4.69) is 72.2 Å². The number of hydrogen-bond acceptors (Lipinski definition) is 2. The van der Waals surface area contributed by atoms with Crippen molar-refractivity contribution in [3.8, 4) is 0 Å². The molecule has 1 spiro atoms. The van der Waals surface area contributed by atoms with Gasteiger partial charge in [-0.05, 0) is 56.5 Å². The van der Waals surface area contributed by atoms with Crippen molar-refractivity contribution < 1.29 is 0 Å². The van der Waals surface area contributed by atoms with Crippen LogP contribution in [-0.2, 0) is 6.42 Å². The van der Waals surface area contributed by atoms with Crippen LogP contribution in [0.25, 0.3) is 0 Å². The largest absolute Gasteiger partial charge is 0.343 e. The fraction of sp³-hybridized carbons (Fsp3) is 0.381. The van der Waals surface area contributed by atoms with Crippen LogP contribution in [-0.4, -0.2) is 18.9 Å². The number of piperidine rings is 1. The Morgan fingerprint density at radius 1 is 0.958 bits per heavy atom. The van der Waals surface area contributed by atoms with Crippen LogP contribution >= 0.6 is 0 Å². The molecule has 2 aromatic rings. The second-order valence-electron chi connectivity index (χ2n) is 7.05. The summed E-state index contributed by atoms with van der Waals surface area (Å²) >= 11 is 0. The fourth-order valence-corrected chi connectivity index (χ4v) is 3.99. The molecule has 3 heteroatoms. The summed E-state index contributed by atoms with van der Waals surface area (Å²) in [5.41, 5.74) is 4.07. The van der Waals surface area contributed by atoms with Gasteiger partial charge in [-0.2, -0.15) is 0 Å². The normalized spacial score (nSPS) is 22.0. The third-order valence-electron chi connectivity index (χ3n) is 5.47. The van der Waals surface area contributed by atoms with E-state index in [-0.39, 0.29) is 11.5 Å². The number of nitrogens with zero attached hydrogens (tertiary/aromatic N) is 1. The van der Waals surface area contributed by atoms with Crippen LogP contribution < -0.4 is 10.6 Å². The van der Waals surface area contributed by atoms with Crippen LogP contribution in [0.2, 0.25) is 0 Å². The molecule has 0 amide bonds. The monoisotopic (exact) mass is 319 g/mol. The van der Waals surface area contributed by atoms with E-state index in [0.29, 0.717) is 0 Å². The van der Waals surface area contributed by atoms with Gasteiger partial charge in [-0.3, -0.25) is 4.99 Å². The lowest BCUT2D eigenvalue weighted by Gasteiger charge is -2.43. The third-order valence-corrected chi connectivity index (χ3v) is 5.47. The van der Waals surface area contributed by atoms with Crippen molar-refractivity contribution in [1.82, 2.24) is 5.32 Å². The maximum absolute atomic E-state index is 5.16. The number of para-hydroxylation sites is 1. The molecule has 2 aliphatic heterocycles. The number of aliphatic imine (C=N–C) groups is 1. The first-order valence-corrected chi connectivity index (χ1v) is 8.96. The Morgan fingerprint density at radius 2 is 1.67 bits per heavy atom. The average Bonchev–Trinajstić information content (AvgIpc) is 2.64. The average molecular weight is 319 g/mol. The third kappa shape index (κ3) is 2.84. The predicted octanol–water partition coefficient (Wildman–Crippen LogP) is 4.18. The van der Waals surface area contributed by atoms with Crippen LogP contribution in [0.4, 0.5) is 5.69 Å². The highest BCUT2D eigenvalue weighted by Gasteiger charge is 2.41. The maximum atomic E-state index is 5.16. The lowest BCUT2D eigenvalue weighted by Crippen LogP contribution is -2.48. The number of anilines is 1. The number of hydrogen-bond donors (Lipinski definition) is 2. The number of nitrogens with one attached hydrogen (secondary N) is 2. The minimum atomic E-state index is 0.155. The van der Waals surface area contributed by atoms with Gasteiger partial charge < -0.3 is 10.6 Å². The molecule has 4 rings (SSSR count). The molecule has 1 unspecified atom stereocenters. The minimum Gasteiger partial charge on any atom is -0.343 e. The van der Waals surface area contributed by atoms with E-state index in [9.17, 15) is 0 Å². The summed E-state index contributed by atoms with van der Waals surface area (Å²) in [6.07, 6.45) is 3.39. The highest BCUT2D eigenvalue weighted by atomic mass is 15.1. The topological polar surface area (TPSA) is 36.4 Å². The summed E-state index contributed by atoms with van der Waals surface area (Å²) in [5.74, 6) is 1.18. The van der Waals surface area contributed by atoms with E-state index in [1.54, 1.807) is 0 Å². The van der Waals surface area contributed by atoms with Crippen LogP contribution in [0.15, 0.2) is 59.6 Å². The number of fused-ring (bicyclic) bond motifs is 1. The predicted molar refractivity (Wildman–Crippen MR) is 101 cm³/mol. The molecular formula is C21H25N3. The van der Waals surface area contributed by atoms with Gasteiger partial charge in [0.15, 0.2) is 0 Å². The molecule has 24 heavy (non-hydrogen) atoms. The van der Waals surface area contributed by atoms with E-state index in [1.807, 2.05) is 0 Å². The smallest absolute Gasteiger partial charge is 0.108 e. The Morgan fingerprint density at radius 3 is 2.46 bits per heavy atom. The van der Waals surface area contributed by atoms with Gasteiger partial charge in [0.25, 0.3) is 0 Å². The molecule has 0 saturated carbocycles. The SMILES string of the molecule is CC(N=C1Nc2ccccc2CC12CCNCC2)c1ccccc1. The number of amidine groups is 1. The molecule has 0 aliphatic carbocycles. The van der Waals surface area contributed by atoms with E-state index in [4.69, 9.17) is 4.99 Å². The second-order valence-corrected chi connectivity index (χ2v) is 7.05. The molecule has 2 aromatic carbocycles. The molecule has 0 aromatic heterocycles. The van der Waals surface area contributed by atoms with Crippen LogP contribution in [0.3, 0.4) is 0 Å². The van der Waals surface area contributed by atoms with Crippen LogP contribution in [0.1, 0.15) is 36.9 Å². The molecule has 0 radical (unpaired) electrons. The molecule has 2 N–H and O–H groups in total. The van der Waals surface area contributed by atoms with Crippen molar-refractivity contribution in [3.63, 3.8) is 0 Å². The molecule has 2 heterocycles. The molecule has 124 valence electrons. The standard InChI is InChI=1S/C21H25N3/c1-16(17-7-3-2-4-8-17)23-20-21(11-13-22-14-12-21)15-18-9-5-6-10-19(18)24-20/h2-10,16,22H,11-15H2,1H3,(H,23,24). The summed E-state index contributed by atoms with van der Waals surface area (Å²) in [6, 6.07) is 19.4. The van der Waals surface area contributed by atoms with Gasteiger partial charge in [0.2, 0.25) is 0 Å². The zero-order valence-electron chi connectivity index (χ0n) is 14.3. The van der Waals surface area contributed by atoms with Crippen molar-refractivity contribution in [2.45, 2.75) is 32.2 Å². The first-order valence-electron chi connectivity index (χ1n) is 8.96. The molecule has 1 saturated heterocycles. The Bertz CT molecular complexity index is 730. The number of benzene rings is 2. The van der Waals surface area contributed by atoms with Crippen molar-refractivity contribution in [2.24, 2.45) is 10.4 Å². The van der Waals surface area contributed by atoms with E-state index >= 15 is 0 Å². The Balaban J connectivity index is 1.72. The maximum Gasteiger partial charge on any atom is 0.108 e. The summed E-state index contributed by atoms with van der Waals surface area (Å²) < 4.78 is 0. The van der Waals surface area contributed by atoms with E-state index < -0.39 is 0 Å². The van der Waals surface area contributed by atoms with Gasteiger partial charge in [0, 0.05) is 11.1 Å². The van der Waals surface area contributed by atoms with Gasteiger partial charge >= 0.3 is 0 Å². The second kappa shape index (κ2) is 6.40. The molecule has 3 nitrogen and oxygen atoms in total. The summed E-state index contributed by atoms with van der Waals surface area (Å²) in [5, 5.41) is 7.18. The lowest BCUT2D eigenvalue weighted by atomic mass is 9.70. The molecule has 1 atom stereocenters. The Hall–Kier alpha value is -2.13. The van der Waals surface area contributed by atoms with Gasteiger partial charge in [0.05, 0.1) is 6.04 Å². The van der Waals surface area contributed by atoms with Crippen LogP contribution in [0.5, 0.6) is 0 Å². The van der Waals surface area contributed by atoms with E-state index in [0.717, 1.165) is 32.4 Å². The first-order chi connectivity index (χ1) is 11.8. The minimum absolute atomic E-state index is 0.155. The Labute approximate surface area is 144 Å². The molecule has 1 fully saturated rings. The summed E-state index contributed by atoms with van der Waals surface area (Å²) in [7, 11) is 0. The molecule has 2 aliphatic rings. The fourth-order valence-electron chi connectivity index (χ4n) is 3.99. The highest BCUT2D eigenvalue weighted by Crippen LogP contribution is 2.41. The Kier molecular flexibility index (Phi) is 4.11. The van der Waals surface area contributed by atoms with Crippen molar-refractivity contribution in [3.05, 3.63) is 65.7 Å². The van der Waals surface area contributed by atoms with Gasteiger partial charge in [-0.1, -0.05) is 48.5 Å². The van der Waals surface area contributed by atoms with Gasteiger partial charge in [0.1, 0.15) is 5.84 Å². The summed E-state index contributed by atoms with van der Waals surface area (Å²) in [6.45, 7) is 4.34. The highest BCUT2D eigenvalue weighted by molar-refractivity contribution is 6.02. The van der Waals surface area contributed by atoms with Crippen molar-refractivity contribution in [1.29, 1.82) is 0 Å². The van der Waals surface area contributed by atoms with Gasteiger partial charge in [-0.15, -0.1) is 0 Å². The molecular weight excluding hydrogens is 294 g/mol. The quantitative estimate of drug-likeness (QED) is 0.871. The molecule has 0 bridgehead atoms. The van der Waals surface area contributed by atoms with Crippen molar-refractivity contribution >= 4 is 11.5 Å². The zero-order chi connectivity index (χ0) is 16.4.